The number of amides is 2. The molecule has 102 valence electrons. The number of hydrogen-bond donors (Lipinski definition) is 3. The van der Waals surface area contributed by atoms with E-state index in [-0.39, 0.29) is 5.69 Å². The summed E-state index contributed by atoms with van der Waals surface area (Å²) in [6, 6.07) is 9.68. The standard InChI is InChI=1S/C14H13N3O3/c1-9-2-4-10(5-3-9)16-14(20)17-11-6-7-15-12(8-11)13(18)19/h2-8H,1H3,(H,18,19)(H2,15,16,17,20). The van der Waals surface area contributed by atoms with Crippen molar-refractivity contribution in [3.63, 3.8) is 0 Å². The number of carboxylic acids is 1. The number of pyridine rings is 1. The van der Waals surface area contributed by atoms with Gasteiger partial charge in [0.25, 0.3) is 0 Å². The molecule has 0 unspecified atom stereocenters. The molecule has 0 spiro atoms. The van der Waals surface area contributed by atoms with Gasteiger partial charge in [0.15, 0.2) is 0 Å². The quantitative estimate of drug-likeness (QED) is 0.800. The van der Waals surface area contributed by atoms with Crippen molar-refractivity contribution in [3.05, 3.63) is 53.9 Å². The number of aromatic nitrogens is 1. The van der Waals surface area contributed by atoms with Crippen LogP contribution in [0.15, 0.2) is 42.6 Å². The van der Waals surface area contributed by atoms with E-state index in [4.69, 9.17) is 5.11 Å². The summed E-state index contributed by atoms with van der Waals surface area (Å²) in [6.45, 7) is 1.95. The van der Waals surface area contributed by atoms with Gasteiger partial charge in [0, 0.05) is 17.6 Å². The topological polar surface area (TPSA) is 91.3 Å². The number of anilines is 2. The molecule has 20 heavy (non-hydrogen) atoms. The number of aryl methyl sites for hydroxylation is 1. The average Bonchev–Trinajstić information content (AvgIpc) is 2.41. The number of rotatable bonds is 3. The Balaban J connectivity index is 2.02. The lowest BCUT2D eigenvalue weighted by atomic mass is 10.2. The maximum absolute atomic E-state index is 11.8. The summed E-state index contributed by atoms with van der Waals surface area (Å²) in [5, 5.41) is 14.0. The summed E-state index contributed by atoms with van der Waals surface area (Å²) >= 11 is 0. The Labute approximate surface area is 115 Å². The zero-order valence-corrected chi connectivity index (χ0v) is 10.8. The number of carbonyl (C=O) groups excluding carboxylic acids is 1. The maximum atomic E-state index is 11.8. The first-order chi connectivity index (χ1) is 9.54. The smallest absolute Gasteiger partial charge is 0.354 e. The van der Waals surface area contributed by atoms with E-state index in [1.165, 1.54) is 18.3 Å². The number of hydrogen-bond acceptors (Lipinski definition) is 3. The van der Waals surface area contributed by atoms with E-state index in [2.05, 4.69) is 15.6 Å². The highest BCUT2D eigenvalue weighted by Crippen LogP contribution is 2.11. The van der Waals surface area contributed by atoms with E-state index in [9.17, 15) is 9.59 Å². The van der Waals surface area contributed by atoms with Gasteiger partial charge in [-0.3, -0.25) is 0 Å². The molecule has 6 heteroatoms. The van der Waals surface area contributed by atoms with Crippen molar-refractivity contribution >= 4 is 23.4 Å². The Morgan fingerprint density at radius 2 is 1.70 bits per heavy atom. The molecule has 1 aromatic heterocycles. The van der Waals surface area contributed by atoms with Crippen molar-refractivity contribution in [1.82, 2.24) is 4.98 Å². The first-order valence-corrected chi connectivity index (χ1v) is 5.88. The van der Waals surface area contributed by atoms with Gasteiger partial charge >= 0.3 is 12.0 Å². The van der Waals surface area contributed by atoms with E-state index in [1.807, 2.05) is 19.1 Å². The lowest BCUT2D eigenvalue weighted by Crippen LogP contribution is -2.19. The number of nitrogens with one attached hydrogen (secondary N) is 2. The molecule has 0 aliphatic rings. The lowest BCUT2D eigenvalue weighted by Gasteiger charge is -2.08. The molecule has 0 saturated heterocycles. The van der Waals surface area contributed by atoms with Gasteiger partial charge in [0.05, 0.1) is 0 Å². The molecule has 0 saturated carbocycles. The van der Waals surface area contributed by atoms with Gasteiger partial charge in [-0.25, -0.2) is 14.6 Å². The number of benzene rings is 1. The Bertz CT molecular complexity index is 638. The van der Waals surface area contributed by atoms with Gasteiger partial charge in [-0.05, 0) is 31.2 Å². The fourth-order valence-corrected chi connectivity index (χ4v) is 1.56. The molecule has 0 aliphatic heterocycles. The van der Waals surface area contributed by atoms with Crippen molar-refractivity contribution < 1.29 is 14.7 Å². The van der Waals surface area contributed by atoms with E-state index >= 15 is 0 Å². The molecule has 1 heterocycles. The third-order valence-corrected chi connectivity index (χ3v) is 2.55. The van der Waals surface area contributed by atoms with Gasteiger partial charge in [-0.2, -0.15) is 0 Å². The van der Waals surface area contributed by atoms with Crippen molar-refractivity contribution in [3.8, 4) is 0 Å². The fraction of sp³-hybridized carbons (Fsp3) is 0.0714. The van der Waals surface area contributed by atoms with E-state index in [1.54, 1.807) is 12.1 Å². The summed E-state index contributed by atoms with van der Waals surface area (Å²) in [6.07, 6.45) is 1.32. The molecule has 0 bridgehead atoms. The number of aromatic carboxylic acids is 1. The van der Waals surface area contributed by atoms with Crippen LogP contribution < -0.4 is 10.6 Å². The zero-order chi connectivity index (χ0) is 14.5. The monoisotopic (exact) mass is 271 g/mol. The van der Waals surface area contributed by atoms with Crippen LogP contribution in [-0.4, -0.2) is 22.1 Å². The van der Waals surface area contributed by atoms with Gasteiger partial charge < -0.3 is 15.7 Å². The Morgan fingerprint density at radius 1 is 1.05 bits per heavy atom. The van der Waals surface area contributed by atoms with Gasteiger partial charge in [-0.15, -0.1) is 0 Å². The van der Waals surface area contributed by atoms with E-state index < -0.39 is 12.0 Å². The van der Waals surface area contributed by atoms with E-state index in [0.29, 0.717) is 11.4 Å². The number of nitrogens with zero attached hydrogens (tertiary/aromatic N) is 1. The fourth-order valence-electron chi connectivity index (χ4n) is 1.56. The number of carboxylic acid groups (broad SMARTS) is 1. The normalized spacial score (nSPS) is 9.85. The molecule has 1 aromatic carbocycles. The lowest BCUT2D eigenvalue weighted by molar-refractivity contribution is 0.0690. The van der Waals surface area contributed by atoms with Gasteiger partial charge in [0.1, 0.15) is 5.69 Å². The van der Waals surface area contributed by atoms with Crippen LogP contribution in [0, 0.1) is 6.92 Å². The van der Waals surface area contributed by atoms with Crippen LogP contribution in [0.2, 0.25) is 0 Å². The predicted molar refractivity (Wildman–Crippen MR) is 75.0 cm³/mol. The van der Waals surface area contributed by atoms with Gasteiger partial charge in [0.2, 0.25) is 0 Å². The highest BCUT2D eigenvalue weighted by Gasteiger charge is 2.07. The molecule has 6 nitrogen and oxygen atoms in total. The van der Waals surface area contributed by atoms with Crippen molar-refractivity contribution in [2.24, 2.45) is 0 Å². The Morgan fingerprint density at radius 3 is 2.35 bits per heavy atom. The second-order valence-corrected chi connectivity index (χ2v) is 4.18. The summed E-state index contributed by atoms with van der Waals surface area (Å²) < 4.78 is 0. The average molecular weight is 271 g/mol. The van der Waals surface area contributed by atoms with Crippen molar-refractivity contribution in [2.45, 2.75) is 6.92 Å². The maximum Gasteiger partial charge on any atom is 0.354 e. The molecule has 2 rings (SSSR count). The van der Waals surface area contributed by atoms with Crippen LogP contribution in [0.4, 0.5) is 16.2 Å². The molecular formula is C14H13N3O3. The molecule has 2 amide bonds. The van der Waals surface area contributed by atoms with Crippen LogP contribution in [0.1, 0.15) is 16.1 Å². The first-order valence-electron chi connectivity index (χ1n) is 5.88. The molecule has 3 N–H and O–H groups in total. The summed E-state index contributed by atoms with van der Waals surface area (Å²) in [5.41, 5.74) is 1.98. The van der Waals surface area contributed by atoms with Crippen LogP contribution in [0.25, 0.3) is 0 Å². The number of carbonyl (C=O) groups is 2. The molecule has 0 fully saturated rings. The SMILES string of the molecule is Cc1ccc(NC(=O)Nc2ccnc(C(=O)O)c2)cc1. The second-order valence-electron chi connectivity index (χ2n) is 4.18. The second kappa shape index (κ2) is 5.83. The molecule has 2 aromatic rings. The first kappa shape index (κ1) is 13.5. The molecule has 0 atom stereocenters. The van der Waals surface area contributed by atoms with E-state index in [0.717, 1.165) is 5.56 Å². The van der Waals surface area contributed by atoms with Crippen molar-refractivity contribution in [1.29, 1.82) is 0 Å². The molecular weight excluding hydrogens is 258 g/mol. The van der Waals surface area contributed by atoms with Gasteiger partial charge in [-0.1, -0.05) is 17.7 Å². The highest BCUT2D eigenvalue weighted by molar-refractivity contribution is 6.00. The predicted octanol–water partition coefficient (Wildman–Crippen LogP) is 2.73. The van der Waals surface area contributed by atoms with Crippen LogP contribution in [0.3, 0.4) is 0 Å². The Hall–Kier alpha value is -2.89. The minimum atomic E-state index is -1.15. The third-order valence-electron chi connectivity index (χ3n) is 2.55. The van der Waals surface area contributed by atoms with Crippen molar-refractivity contribution in [2.75, 3.05) is 10.6 Å². The zero-order valence-electron chi connectivity index (χ0n) is 10.8. The van der Waals surface area contributed by atoms with Crippen LogP contribution in [-0.2, 0) is 0 Å². The minimum Gasteiger partial charge on any atom is -0.477 e. The highest BCUT2D eigenvalue weighted by atomic mass is 16.4. The Kier molecular flexibility index (Phi) is 3.95. The summed E-state index contributed by atoms with van der Waals surface area (Å²) in [5.74, 6) is -1.15. The summed E-state index contributed by atoms with van der Waals surface area (Å²) in [7, 11) is 0. The largest absolute Gasteiger partial charge is 0.477 e. The number of urea groups is 1. The third kappa shape index (κ3) is 3.55. The molecule has 0 radical (unpaired) electrons. The van der Waals surface area contributed by atoms with Crippen LogP contribution in [0.5, 0.6) is 0 Å². The summed E-state index contributed by atoms with van der Waals surface area (Å²) in [4.78, 5) is 26.2. The van der Waals surface area contributed by atoms with Crippen LogP contribution >= 0.6 is 0 Å². The minimum absolute atomic E-state index is 0.127. The molecule has 0 aliphatic carbocycles.